The number of aromatic nitrogens is 2. The fourth-order valence-corrected chi connectivity index (χ4v) is 4.56. The maximum absolute atomic E-state index is 12.5. The van der Waals surface area contributed by atoms with Gasteiger partial charge in [0.15, 0.2) is 0 Å². The number of fused-ring (bicyclic) bond motifs is 3. The van der Waals surface area contributed by atoms with Gasteiger partial charge >= 0.3 is 6.03 Å². The Hall–Kier alpha value is -2.08. The molecule has 1 saturated heterocycles. The first kappa shape index (κ1) is 17.3. The van der Waals surface area contributed by atoms with E-state index >= 15 is 0 Å². The Bertz CT molecular complexity index is 762. The summed E-state index contributed by atoms with van der Waals surface area (Å²) in [6, 6.07) is 4.29. The van der Waals surface area contributed by atoms with Gasteiger partial charge in [-0.1, -0.05) is 0 Å². The minimum atomic E-state index is 0.0410. The number of imidazole rings is 1. The molecule has 1 aliphatic carbocycles. The Kier molecular flexibility index (Phi) is 4.61. The molecule has 1 saturated carbocycles. The molecule has 0 spiro atoms. The van der Waals surface area contributed by atoms with Crippen LogP contribution in [0.3, 0.4) is 0 Å². The number of nitrogens with one attached hydrogen (secondary N) is 2. The topological polar surface area (TPSA) is 70.2 Å². The third-order valence-corrected chi connectivity index (χ3v) is 6.09. The van der Waals surface area contributed by atoms with E-state index in [0.29, 0.717) is 30.9 Å². The molecule has 2 aromatic rings. The van der Waals surface area contributed by atoms with Crippen LogP contribution < -0.4 is 5.32 Å². The van der Waals surface area contributed by atoms with Crippen molar-refractivity contribution in [2.24, 2.45) is 11.8 Å². The number of hydrogen-bond donors (Lipinski definition) is 2. The number of benzene rings is 1. The molecule has 1 unspecified atom stereocenters. The number of carbonyl (C=O) groups is 1. The molecule has 2 bridgehead atoms. The standard InChI is InChI=1S/C20H28N4O2/c1-12-8-16-17(9-13(12)2)23-18(22-16)6-7-21-20(25)24-10-14-4-5-15(11-24)19(14)26-3/h8-9,14-15,19H,4-7,10-11H2,1-3H3,(H,21,25)(H,22,23)/t14-,15+,19?. The van der Waals surface area contributed by atoms with Gasteiger partial charge in [-0.25, -0.2) is 9.78 Å². The summed E-state index contributed by atoms with van der Waals surface area (Å²) in [5, 5.41) is 3.06. The normalized spacial score (nSPS) is 25.0. The highest BCUT2D eigenvalue weighted by molar-refractivity contribution is 5.77. The second-order valence-corrected chi connectivity index (χ2v) is 7.82. The van der Waals surface area contributed by atoms with Crippen molar-refractivity contribution >= 4 is 17.1 Å². The summed E-state index contributed by atoms with van der Waals surface area (Å²) < 4.78 is 5.62. The minimum absolute atomic E-state index is 0.0410. The van der Waals surface area contributed by atoms with E-state index in [0.717, 1.165) is 29.9 Å². The van der Waals surface area contributed by atoms with Crippen molar-refractivity contribution in [3.63, 3.8) is 0 Å². The van der Waals surface area contributed by atoms with Crippen molar-refractivity contribution in [2.75, 3.05) is 26.7 Å². The molecule has 6 heteroatoms. The van der Waals surface area contributed by atoms with Gasteiger partial charge in [0, 0.05) is 45.0 Å². The van der Waals surface area contributed by atoms with Gasteiger partial charge in [-0.15, -0.1) is 0 Å². The molecule has 140 valence electrons. The number of methoxy groups -OCH3 is 1. The fraction of sp³-hybridized carbons (Fsp3) is 0.600. The highest BCUT2D eigenvalue weighted by atomic mass is 16.5. The van der Waals surface area contributed by atoms with Crippen molar-refractivity contribution in [3.8, 4) is 0 Å². The van der Waals surface area contributed by atoms with Crippen LogP contribution in [0.15, 0.2) is 12.1 Å². The number of piperidine rings is 1. The van der Waals surface area contributed by atoms with Crippen LogP contribution in [-0.4, -0.2) is 53.7 Å². The van der Waals surface area contributed by atoms with Gasteiger partial charge in [0.25, 0.3) is 0 Å². The maximum atomic E-state index is 12.5. The first-order chi connectivity index (χ1) is 12.5. The lowest BCUT2D eigenvalue weighted by molar-refractivity contribution is -0.00503. The highest BCUT2D eigenvalue weighted by Crippen LogP contribution is 2.38. The molecule has 6 nitrogen and oxygen atoms in total. The third-order valence-electron chi connectivity index (χ3n) is 6.09. The second kappa shape index (κ2) is 6.91. The van der Waals surface area contributed by atoms with Crippen molar-refractivity contribution in [1.82, 2.24) is 20.2 Å². The summed E-state index contributed by atoms with van der Waals surface area (Å²) in [5.41, 5.74) is 4.56. The molecular formula is C20H28N4O2. The van der Waals surface area contributed by atoms with Crippen LogP contribution >= 0.6 is 0 Å². The zero-order valence-corrected chi connectivity index (χ0v) is 15.8. The smallest absolute Gasteiger partial charge is 0.317 e. The van der Waals surface area contributed by atoms with Crippen LogP contribution in [0.25, 0.3) is 11.0 Å². The summed E-state index contributed by atoms with van der Waals surface area (Å²) >= 11 is 0. The van der Waals surface area contributed by atoms with E-state index in [1.54, 1.807) is 7.11 Å². The average molecular weight is 356 g/mol. The predicted octanol–water partition coefficient (Wildman–Crippen LogP) is 2.79. The molecular weight excluding hydrogens is 328 g/mol. The van der Waals surface area contributed by atoms with Crippen LogP contribution in [-0.2, 0) is 11.2 Å². The Balaban J connectivity index is 1.31. The molecule has 1 aromatic carbocycles. The maximum Gasteiger partial charge on any atom is 0.317 e. The second-order valence-electron chi connectivity index (χ2n) is 7.82. The molecule has 2 heterocycles. The third kappa shape index (κ3) is 3.18. The molecule has 2 N–H and O–H groups in total. The van der Waals surface area contributed by atoms with Gasteiger partial charge in [0.05, 0.1) is 17.1 Å². The Labute approximate surface area is 154 Å². The van der Waals surface area contributed by atoms with E-state index in [9.17, 15) is 4.79 Å². The lowest BCUT2D eigenvalue weighted by atomic mass is 9.95. The van der Waals surface area contributed by atoms with E-state index in [4.69, 9.17) is 4.74 Å². The van der Waals surface area contributed by atoms with Crippen LogP contribution in [0.2, 0.25) is 0 Å². The summed E-state index contributed by atoms with van der Waals surface area (Å²) in [6.45, 7) is 6.42. The van der Waals surface area contributed by atoms with E-state index in [1.807, 2.05) is 4.90 Å². The van der Waals surface area contributed by atoms with E-state index in [2.05, 4.69) is 41.3 Å². The highest BCUT2D eigenvalue weighted by Gasteiger charge is 2.43. The average Bonchev–Trinajstić information content (AvgIpc) is 3.11. The van der Waals surface area contributed by atoms with Crippen LogP contribution in [0.1, 0.15) is 29.8 Å². The number of aromatic amines is 1. The molecule has 1 aliphatic heterocycles. The molecule has 0 radical (unpaired) electrons. The summed E-state index contributed by atoms with van der Waals surface area (Å²) in [7, 11) is 1.79. The molecule has 2 amide bonds. The molecule has 26 heavy (non-hydrogen) atoms. The van der Waals surface area contributed by atoms with Crippen LogP contribution in [0.4, 0.5) is 4.79 Å². The van der Waals surface area contributed by atoms with Gasteiger partial charge in [-0.2, -0.15) is 0 Å². The van der Waals surface area contributed by atoms with Gasteiger partial charge in [-0.05, 0) is 49.9 Å². The van der Waals surface area contributed by atoms with Crippen molar-refractivity contribution < 1.29 is 9.53 Å². The molecule has 4 rings (SSSR count). The molecule has 1 aromatic heterocycles. The van der Waals surface area contributed by atoms with E-state index in [1.165, 1.54) is 24.0 Å². The number of nitrogens with zero attached hydrogens (tertiary/aromatic N) is 2. The Morgan fingerprint density at radius 1 is 1.27 bits per heavy atom. The van der Waals surface area contributed by atoms with Gasteiger partial charge in [0.1, 0.15) is 5.82 Å². The monoisotopic (exact) mass is 356 g/mol. The lowest BCUT2D eigenvalue weighted by Gasteiger charge is -2.37. The van der Waals surface area contributed by atoms with E-state index in [-0.39, 0.29) is 6.03 Å². The first-order valence-electron chi connectivity index (χ1n) is 9.56. The summed E-state index contributed by atoms with van der Waals surface area (Å²) in [4.78, 5) is 22.5. The van der Waals surface area contributed by atoms with Crippen LogP contribution in [0, 0.1) is 25.7 Å². The number of likely N-dealkylation sites (tertiary alicyclic amines) is 1. The number of urea groups is 1. The number of hydrogen-bond acceptors (Lipinski definition) is 3. The number of amides is 2. The lowest BCUT2D eigenvalue weighted by Crippen LogP contribution is -2.51. The number of rotatable bonds is 4. The fourth-order valence-electron chi connectivity index (χ4n) is 4.56. The summed E-state index contributed by atoms with van der Waals surface area (Å²) in [5.74, 6) is 1.90. The van der Waals surface area contributed by atoms with Gasteiger partial charge in [-0.3, -0.25) is 0 Å². The first-order valence-corrected chi connectivity index (χ1v) is 9.56. The largest absolute Gasteiger partial charge is 0.381 e. The van der Waals surface area contributed by atoms with Gasteiger partial charge in [0.2, 0.25) is 0 Å². The minimum Gasteiger partial charge on any atom is -0.381 e. The Morgan fingerprint density at radius 2 is 1.96 bits per heavy atom. The SMILES string of the molecule is COC1[C@@H]2CC[C@H]1CN(C(=O)NCCc1nc3cc(C)c(C)cc3[nH]1)C2. The number of ether oxygens (including phenoxy) is 1. The predicted molar refractivity (Wildman–Crippen MR) is 101 cm³/mol. The molecule has 2 fully saturated rings. The zero-order valence-electron chi connectivity index (χ0n) is 15.8. The summed E-state index contributed by atoms with van der Waals surface area (Å²) in [6.07, 6.45) is 3.39. The number of aryl methyl sites for hydroxylation is 2. The van der Waals surface area contributed by atoms with E-state index < -0.39 is 0 Å². The van der Waals surface area contributed by atoms with Crippen molar-refractivity contribution in [3.05, 3.63) is 29.1 Å². The number of carbonyl (C=O) groups excluding carboxylic acids is 1. The Morgan fingerprint density at radius 3 is 2.65 bits per heavy atom. The van der Waals surface area contributed by atoms with Crippen LogP contribution in [0.5, 0.6) is 0 Å². The van der Waals surface area contributed by atoms with Crippen molar-refractivity contribution in [2.45, 2.75) is 39.2 Å². The van der Waals surface area contributed by atoms with Crippen molar-refractivity contribution in [1.29, 1.82) is 0 Å². The zero-order chi connectivity index (χ0) is 18.3. The molecule has 3 atom stereocenters. The number of H-pyrrole nitrogens is 1. The quantitative estimate of drug-likeness (QED) is 0.885. The van der Waals surface area contributed by atoms with Gasteiger partial charge < -0.3 is 19.9 Å². The molecule has 2 aliphatic rings.